The highest BCUT2D eigenvalue weighted by molar-refractivity contribution is 6.22. The van der Waals surface area contributed by atoms with Crippen LogP contribution in [0.5, 0.6) is 11.5 Å². The van der Waals surface area contributed by atoms with Gasteiger partial charge in [0.15, 0.2) is 11.5 Å². The lowest BCUT2D eigenvalue weighted by molar-refractivity contribution is -0.130. The van der Waals surface area contributed by atoms with Gasteiger partial charge in [0.1, 0.15) is 0 Å². The number of nitrogens with zero attached hydrogens (tertiary/aromatic N) is 1. The van der Waals surface area contributed by atoms with Gasteiger partial charge >= 0.3 is 0 Å². The summed E-state index contributed by atoms with van der Waals surface area (Å²) in [7, 11) is 1.52. The van der Waals surface area contributed by atoms with Crippen molar-refractivity contribution in [3.8, 4) is 11.5 Å². The normalized spacial score (nSPS) is 16.1. The number of nitrogens with one attached hydrogen (secondary N) is 2. The van der Waals surface area contributed by atoms with E-state index in [4.69, 9.17) is 14.7 Å². The Morgan fingerprint density at radius 1 is 1.06 bits per heavy atom. The maximum atomic E-state index is 13.4. The Kier molecular flexibility index (Phi) is 7.02. The minimum absolute atomic E-state index is 0.0323. The molecule has 35 heavy (non-hydrogen) atoms. The SMILES string of the molecule is COc1ccc(C(CC(=O)NO)N2C(=O)c3ccc(NC(C)=O)cc3C2=O)cc1OC1CCCC1. The lowest BCUT2D eigenvalue weighted by atomic mass is 10.0. The van der Waals surface area contributed by atoms with E-state index in [9.17, 15) is 19.2 Å². The molecule has 2 aromatic rings. The van der Waals surface area contributed by atoms with Crippen LogP contribution in [0.1, 0.15) is 71.3 Å². The molecule has 0 radical (unpaired) electrons. The fraction of sp³-hybridized carbons (Fsp3) is 0.360. The zero-order valence-corrected chi connectivity index (χ0v) is 19.5. The van der Waals surface area contributed by atoms with E-state index in [1.807, 2.05) is 0 Å². The quantitative estimate of drug-likeness (QED) is 0.299. The third-order valence-electron chi connectivity index (χ3n) is 6.22. The molecule has 1 heterocycles. The first-order valence-corrected chi connectivity index (χ1v) is 11.4. The number of rotatable bonds is 8. The number of carbonyl (C=O) groups excluding carboxylic acids is 4. The van der Waals surface area contributed by atoms with Crippen molar-refractivity contribution in [3.05, 3.63) is 53.1 Å². The third kappa shape index (κ3) is 4.97. The first-order chi connectivity index (χ1) is 16.8. The summed E-state index contributed by atoms with van der Waals surface area (Å²) in [6, 6.07) is 8.40. The molecule has 1 saturated carbocycles. The van der Waals surface area contributed by atoms with E-state index in [0.717, 1.165) is 30.6 Å². The number of anilines is 1. The molecule has 1 fully saturated rings. The van der Waals surface area contributed by atoms with E-state index in [0.29, 0.717) is 22.7 Å². The second kappa shape index (κ2) is 10.1. The number of ether oxygens (including phenoxy) is 2. The van der Waals surface area contributed by atoms with E-state index in [1.165, 1.54) is 32.2 Å². The summed E-state index contributed by atoms with van der Waals surface area (Å²) in [5.74, 6) is -1.32. The van der Waals surface area contributed by atoms with Crippen molar-refractivity contribution >= 4 is 29.3 Å². The molecule has 0 bridgehead atoms. The molecule has 1 aliphatic heterocycles. The van der Waals surface area contributed by atoms with Gasteiger partial charge in [-0.05, 0) is 61.6 Å². The fourth-order valence-corrected chi connectivity index (χ4v) is 4.58. The molecule has 10 heteroatoms. The molecule has 2 aliphatic rings. The first kappa shape index (κ1) is 24.2. The van der Waals surface area contributed by atoms with E-state index in [1.54, 1.807) is 23.7 Å². The third-order valence-corrected chi connectivity index (χ3v) is 6.22. The first-order valence-electron chi connectivity index (χ1n) is 11.4. The predicted molar refractivity (Wildman–Crippen MR) is 124 cm³/mol. The summed E-state index contributed by atoms with van der Waals surface area (Å²) in [5.41, 5.74) is 2.70. The summed E-state index contributed by atoms with van der Waals surface area (Å²) in [4.78, 5) is 51.2. The second-order valence-corrected chi connectivity index (χ2v) is 8.61. The average molecular weight is 482 g/mol. The van der Waals surface area contributed by atoms with Crippen molar-refractivity contribution in [2.45, 2.75) is 51.2 Å². The minimum atomic E-state index is -1.02. The van der Waals surface area contributed by atoms with Crippen molar-refractivity contribution in [3.63, 3.8) is 0 Å². The molecular weight excluding hydrogens is 454 g/mol. The maximum absolute atomic E-state index is 13.4. The summed E-state index contributed by atoms with van der Waals surface area (Å²) < 4.78 is 11.6. The van der Waals surface area contributed by atoms with Crippen molar-refractivity contribution in [2.24, 2.45) is 0 Å². The number of methoxy groups -OCH3 is 1. The maximum Gasteiger partial charge on any atom is 0.262 e. The summed E-state index contributed by atoms with van der Waals surface area (Å²) >= 11 is 0. The smallest absolute Gasteiger partial charge is 0.262 e. The van der Waals surface area contributed by atoms with E-state index in [2.05, 4.69) is 5.32 Å². The summed E-state index contributed by atoms with van der Waals surface area (Å²) in [6.45, 7) is 1.34. The number of fused-ring (bicyclic) bond motifs is 1. The van der Waals surface area contributed by atoms with E-state index >= 15 is 0 Å². The van der Waals surface area contributed by atoms with Gasteiger partial charge in [0, 0.05) is 12.6 Å². The molecule has 2 aromatic carbocycles. The molecule has 10 nitrogen and oxygen atoms in total. The van der Waals surface area contributed by atoms with Crippen molar-refractivity contribution in [1.29, 1.82) is 0 Å². The molecule has 1 unspecified atom stereocenters. The summed E-state index contributed by atoms with van der Waals surface area (Å²) in [5, 5.41) is 11.7. The lowest BCUT2D eigenvalue weighted by Crippen LogP contribution is -2.37. The van der Waals surface area contributed by atoms with Gasteiger partial charge in [0.2, 0.25) is 11.8 Å². The predicted octanol–water partition coefficient (Wildman–Crippen LogP) is 3.21. The topological polar surface area (TPSA) is 134 Å². The molecule has 1 aliphatic carbocycles. The Hall–Kier alpha value is -3.92. The molecule has 0 aromatic heterocycles. The van der Waals surface area contributed by atoms with Crippen LogP contribution in [0.15, 0.2) is 36.4 Å². The molecule has 0 spiro atoms. The van der Waals surface area contributed by atoms with Gasteiger partial charge in [-0.2, -0.15) is 0 Å². The van der Waals surface area contributed by atoms with Crippen LogP contribution in [0, 0.1) is 0 Å². The Balaban J connectivity index is 1.71. The Bertz CT molecular complexity index is 1170. The monoisotopic (exact) mass is 481 g/mol. The largest absolute Gasteiger partial charge is 0.493 e. The van der Waals surface area contributed by atoms with E-state index < -0.39 is 23.8 Å². The lowest BCUT2D eigenvalue weighted by Gasteiger charge is -2.27. The van der Waals surface area contributed by atoms with Crippen molar-refractivity contribution in [2.75, 3.05) is 12.4 Å². The standard InChI is InChI=1S/C25H27N3O7/c1-14(29)26-16-8-9-18-19(12-16)25(32)28(24(18)31)20(13-23(30)27-33)15-7-10-21(34-2)22(11-15)35-17-5-3-4-6-17/h7-12,17,20,33H,3-6,13H2,1-2H3,(H,26,29)(H,27,30). The number of carbonyl (C=O) groups is 4. The van der Waals surface area contributed by atoms with Gasteiger partial charge in [-0.3, -0.25) is 29.3 Å². The minimum Gasteiger partial charge on any atom is -0.493 e. The van der Waals surface area contributed by atoms with Gasteiger partial charge < -0.3 is 14.8 Å². The van der Waals surface area contributed by atoms with E-state index in [-0.39, 0.29) is 29.6 Å². The average Bonchev–Trinajstić information content (AvgIpc) is 3.43. The Labute approximate surface area is 202 Å². The van der Waals surface area contributed by atoms with Crippen LogP contribution in [0.25, 0.3) is 0 Å². The molecular formula is C25H27N3O7. The molecule has 184 valence electrons. The number of hydrogen-bond donors (Lipinski definition) is 3. The highest BCUT2D eigenvalue weighted by atomic mass is 16.5. The number of benzene rings is 2. The van der Waals surface area contributed by atoms with Crippen molar-refractivity contribution in [1.82, 2.24) is 10.4 Å². The molecule has 4 rings (SSSR count). The van der Waals surface area contributed by atoms with Crippen LogP contribution in [0.3, 0.4) is 0 Å². The number of amides is 4. The van der Waals surface area contributed by atoms with Crippen LogP contribution >= 0.6 is 0 Å². The van der Waals surface area contributed by atoms with Crippen LogP contribution in [-0.2, 0) is 9.59 Å². The highest BCUT2D eigenvalue weighted by Gasteiger charge is 2.42. The number of imide groups is 1. The zero-order valence-electron chi connectivity index (χ0n) is 19.5. The van der Waals surface area contributed by atoms with Gasteiger partial charge in [0.25, 0.3) is 11.8 Å². The molecule has 0 saturated heterocycles. The highest BCUT2D eigenvalue weighted by Crippen LogP contribution is 2.39. The van der Waals surface area contributed by atoms with Crippen LogP contribution in [0.4, 0.5) is 5.69 Å². The number of hydroxylamine groups is 1. The number of hydrogen-bond acceptors (Lipinski definition) is 7. The Morgan fingerprint density at radius 3 is 2.43 bits per heavy atom. The molecule has 3 N–H and O–H groups in total. The Morgan fingerprint density at radius 2 is 1.77 bits per heavy atom. The van der Waals surface area contributed by atoms with Gasteiger partial charge in [0.05, 0.1) is 36.8 Å². The fourth-order valence-electron chi connectivity index (χ4n) is 4.58. The molecule has 1 atom stereocenters. The van der Waals surface area contributed by atoms with Crippen LogP contribution in [-0.4, -0.2) is 46.9 Å². The van der Waals surface area contributed by atoms with Gasteiger partial charge in [-0.1, -0.05) is 6.07 Å². The molecule has 4 amide bonds. The van der Waals surface area contributed by atoms with Crippen molar-refractivity contribution < 1.29 is 33.9 Å². The van der Waals surface area contributed by atoms with Crippen LogP contribution in [0.2, 0.25) is 0 Å². The van der Waals surface area contributed by atoms with Crippen LogP contribution < -0.4 is 20.3 Å². The van der Waals surface area contributed by atoms with Gasteiger partial charge in [-0.15, -0.1) is 0 Å². The summed E-state index contributed by atoms with van der Waals surface area (Å²) in [6.07, 6.45) is 3.64. The zero-order chi connectivity index (χ0) is 25.1. The van der Waals surface area contributed by atoms with Gasteiger partial charge in [-0.25, -0.2) is 5.48 Å². The second-order valence-electron chi connectivity index (χ2n) is 8.61.